The molecule has 3 heterocycles. The molecule has 0 aliphatic carbocycles. The van der Waals surface area contributed by atoms with E-state index in [1.54, 1.807) is 0 Å². The minimum Gasteiger partial charge on any atom is -0.341 e. The minimum absolute atomic E-state index is 0.0359. The highest BCUT2D eigenvalue weighted by atomic mass is 32.2. The lowest BCUT2D eigenvalue weighted by Crippen LogP contribution is -2.28. The molecule has 0 radical (unpaired) electrons. The fourth-order valence-corrected chi connectivity index (χ4v) is 5.98. The van der Waals surface area contributed by atoms with Gasteiger partial charge in [0.1, 0.15) is 6.04 Å². The summed E-state index contributed by atoms with van der Waals surface area (Å²) in [7, 11) is 0. The Morgan fingerprint density at radius 2 is 1.75 bits per heavy atom. The summed E-state index contributed by atoms with van der Waals surface area (Å²) in [5.74, 6) is 0. The average Bonchev–Trinajstić information content (AvgIpc) is 3.26. The first kappa shape index (κ1) is 17.8. The van der Waals surface area contributed by atoms with E-state index in [1.165, 1.54) is 15.4 Å². The zero-order chi connectivity index (χ0) is 18.9. The van der Waals surface area contributed by atoms with Crippen LogP contribution in [0.1, 0.15) is 30.3 Å². The van der Waals surface area contributed by atoms with Crippen LogP contribution in [0.25, 0.3) is 0 Å². The smallest absolute Gasteiger partial charge is 0.160 e. The van der Waals surface area contributed by atoms with Crippen LogP contribution in [0.15, 0.2) is 93.8 Å². The molecule has 2 aromatic carbocycles. The quantitative estimate of drug-likeness (QED) is 0.549. The fraction of sp³-hybridized carbons (Fsp3) is 0.217. The number of benzene rings is 2. The lowest BCUT2D eigenvalue weighted by Gasteiger charge is -2.29. The second kappa shape index (κ2) is 7.64. The van der Waals surface area contributed by atoms with Crippen molar-refractivity contribution >= 4 is 28.7 Å². The largest absolute Gasteiger partial charge is 0.341 e. The Bertz CT molecular complexity index is 991. The molecule has 3 aromatic rings. The van der Waals surface area contributed by atoms with E-state index in [0.717, 1.165) is 17.4 Å². The van der Waals surface area contributed by atoms with Crippen LogP contribution in [0.3, 0.4) is 0 Å². The van der Waals surface area contributed by atoms with Crippen molar-refractivity contribution in [3.63, 3.8) is 0 Å². The first-order valence-electron chi connectivity index (χ1n) is 9.53. The summed E-state index contributed by atoms with van der Waals surface area (Å²) in [5, 5.41) is 1.73. The molecule has 28 heavy (non-hydrogen) atoms. The molecule has 0 saturated carbocycles. The van der Waals surface area contributed by atoms with Crippen molar-refractivity contribution in [2.24, 2.45) is 4.99 Å². The molecule has 5 rings (SSSR count). The minimum atomic E-state index is 0.0359. The van der Waals surface area contributed by atoms with Crippen LogP contribution in [-0.2, 0) is 0 Å². The average molecular weight is 404 g/mol. The first-order chi connectivity index (χ1) is 13.8. The molecule has 2 aliphatic rings. The molecule has 0 bridgehead atoms. The predicted molar refractivity (Wildman–Crippen MR) is 118 cm³/mol. The number of amidine groups is 1. The second-order valence-corrected chi connectivity index (χ2v) is 9.61. The monoisotopic (exact) mass is 403 g/mol. The normalized spacial score (nSPS) is 23.5. The van der Waals surface area contributed by atoms with E-state index in [9.17, 15) is 0 Å². The number of rotatable bonds is 4. The predicted octanol–water partition coefficient (Wildman–Crippen LogP) is 5.82. The molecule has 140 valence electrons. The van der Waals surface area contributed by atoms with Crippen LogP contribution in [-0.4, -0.2) is 26.8 Å². The Labute approximate surface area is 174 Å². The molecule has 1 fully saturated rings. The van der Waals surface area contributed by atoms with E-state index in [0.29, 0.717) is 5.25 Å². The number of fused-ring (bicyclic) bond motifs is 1. The van der Waals surface area contributed by atoms with E-state index >= 15 is 0 Å². The molecule has 3 nitrogen and oxygen atoms in total. The molecular formula is C23H21N3S2. The number of nitrogens with zero attached hydrogens (tertiary/aromatic N) is 3. The Kier molecular flexibility index (Phi) is 4.87. The van der Waals surface area contributed by atoms with Gasteiger partial charge in [0.2, 0.25) is 0 Å². The molecule has 3 atom stereocenters. The molecule has 0 amide bonds. The van der Waals surface area contributed by atoms with Crippen molar-refractivity contribution < 1.29 is 0 Å². The Hall–Kier alpha value is -2.24. The number of aliphatic imine (C=N–C) groups is 1. The Morgan fingerprint density at radius 1 is 0.964 bits per heavy atom. The fourth-order valence-electron chi connectivity index (χ4n) is 3.89. The van der Waals surface area contributed by atoms with Crippen LogP contribution in [0.2, 0.25) is 0 Å². The first-order valence-corrected chi connectivity index (χ1v) is 11.2. The Morgan fingerprint density at radius 3 is 2.57 bits per heavy atom. The van der Waals surface area contributed by atoms with Crippen molar-refractivity contribution in [1.29, 1.82) is 0 Å². The van der Waals surface area contributed by atoms with Crippen LogP contribution in [0.5, 0.6) is 0 Å². The molecular weight excluding hydrogens is 382 g/mol. The van der Waals surface area contributed by atoms with Gasteiger partial charge >= 0.3 is 0 Å². The van der Waals surface area contributed by atoms with Gasteiger partial charge in [0.05, 0.1) is 11.7 Å². The topological polar surface area (TPSA) is 28.5 Å². The van der Waals surface area contributed by atoms with Crippen molar-refractivity contribution in [3.05, 3.63) is 90.3 Å². The molecule has 1 aromatic heterocycles. The molecule has 1 saturated heterocycles. The van der Waals surface area contributed by atoms with Gasteiger partial charge in [-0.05, 0) is 35.9 Å². The third-order valence-electron chi connectivity index (χ3n) is 5.09. The molecule has 5 heteroatoms. The SMILES string of the molecule is C[C@@H]1CN2C(=N[C@H](c3ccccn3)[C@H]2c2ccccc2Sc2ccccc2)S1. The van der Waals surface area contributed by atoms with Crippen LogP contribution < -0.4 is 0 Å². The lowest BCUT2D eigenvalue weighted by molar-refractivity contribution is 0.317. The summed E-state index contributed by atoms with van der Waals surface area (Å²) in [6.45, 7) is 3.31. The molecule has 0 unspecified atom stereocenters. The van der Waals surface area contributed by atoms with Gasteiger partial charge < -0.3 is 4.90 Å². The van der Waals surface area contributed by atoms with E-state index in [1.807, 2.05) is 35.8 Å². The summed E-state index contributed by atoms with van der Waals surface area (Å²) in [6.07, 6.45) is 1.87. The summed E-state index contributed by atoms with van der Waals surface area (Å²) in [5.41, 5.74) is 2.38. The summed E-state index contributed by atoms with van der Waals surface area (Å²) >= 11 is 3.71. The molecule has 0 N–H and O–H groups in total. The van der Waals surface area contributed by atoms with E-state index in [4.69, 9.17) is 4.99 Å². The van der Waals surface area contributed by atoms with E-state index < -0.39 is 0 Å². The summed E-state index contributed by atoms with van der Waals surface area (Å²) < 4.78 is 0. The van der Waals surface area contributed by atoms with Crippen LogP contribution in [0, 0.1) is 0 Å². The van der Waals surface area contributed by atoms with E-state index in [2.05, 4.69) is 83.5 Å². The Balaban J connectivity index is 1.57. The van der Waals surface area contributed by atoms with Crippen molar-refractivity contribution in [3.8, 4) is 0 Å². The highest BCUT2D eigenvalue weighted by Gasteiger charge is 2.44. The number of hydrogen-bond donors (Lipinski definition) is 0. The third kappa shape index (κ3) is 3.33. The van der Waals surface area contributed by atoms with Gasteiger partial charge in [0, 0.05) is 27.8 Å². The van der Waals surface area contributed by atoms with Gasteiger partial charge in [-0.25, -0.2) is 0 Å². The lowest BCUT2D eigenvalue weighted by atomic mass is 9.96. The number of hydrogen-bond acceptors (Lipinski definition) is 5. The maximum absolute atomic E-state index is 5.11. The third-order valence-corrected chi connectivity index (χ3v) is 7.29. The van der Waals surface area contributed by atoms with Gasteiger partial charge in [0.15, 0.2) is 5.17 Å². The van der Waals surface area contributed by atoms with E-state index in [-0.39, 0.29) is 12.1 Å². The van der Waals surface area contributed by atoms with Gasteiger partial charge in [-0.15, -0.1) is 0 Å². The highest BCUT2D eigenvalue weighted by Crippen LogP contribution is 2.49. The number of thioether (sulfide) groups is 1. The van der Waals surface area contributed by atoms with Crippen molar-refractivity contribution in [2.75, 3.05) is 6.54 Å². The van der Waals surface area contributed by atoms with Gasteiger partial charge in [-0.2, -0.15) is 0 Å². The van der Waals surface area contributed by atoms with Crippen LogP contribution >= 0.6 is 23.5 Å². The van der Waals surface area contributed by atoms with Crippen molar-refractivity contribution in [1.82, 2.24) is 9.88 Å². The number of aromatic nitrogens is 1. The summed E-state index contributed by atoms with van der Waals surface area (Å²) in [6, 6.07) is 25.7. The van der Waals surface area contributed by atoms with Gasteiger partial charge in [0.25, 0.3) is 0 Å². The summed E-state index contributed by atoms with van der Waals surface area (Å²) in [4.78, 5) is 14.8. The van der Waals surface area contributed by atoms with Crippen molar-refractivity contribution in [2.45, 2.75) is 34.0 Å². The number of pyridine rings is 1. The molecule has 2 aliphatic heterocycles. The highest BCUT2D eigenvalue weighted by molar-refractivity contribution is 8.14. The zero-order valence-corrected chi connectivity index (χ0v) is 17.2. The maximum atomic E-state index is 5.11. The second-order valence-electron chi connectivity index (χ2n) is 7.09. The standard InChI is InChI=1S/C23H21N3S2/c1-16-15-26-22(21(25-23(26)27-16)19-12-7-8-14-24-19)18-11-5-6-13-20(18)28-17-9-3-2-4-10-17/h2-14,16,21-22H,15H2,1H3/t16-,21-,22-/m1/s1. The maximum Gasteiger partial charge on any atom is 0.160 e. The molecule has 0 spiro atoms. The zero-order valence-electron chi connectivity index (χ0n) is 15.6. The van der Waals surface area contributed by atoms with Crippen LogP contribution in [0.4, 0.5) is 0 Å². The van der Waals surface area contributed by atoms with Gasteiger partial charge in [-0.3, -0.25) is 9.98 Å². The van der Waals surface area contributed by atoms with Gasteiger partial charge in [-0.1, -0.05) is 72.9 Å².